The second-order valence-electron chi connectivity index (χ2n) is 7.78. The summed E-state index contributed by atoms with van der Waals surface area (Å²) in [5.74, 6) is 0.848. The first kappa shape index (κ1) is 25.2. The summed E-state index contributed by atoms with van der Waals surface area (Å²) < 4.78 is 44.8. The first-order chi connectivity index (χ1) is 16.2. The van der Waals surface area contributed by atoms with Crippen LogP contribution in [0, 0.1) is 5.92 Å². The van der Waals surface area contributed by atoms with Gasteiger partial charge in [-0.15, -0.1) is 0 Å². The number of aromatic amines is 1. The fourth-order valence-electron chi connectivity index (χ4n) is 3.69. The van der Waals surface area contributed by atoms with E-state index in [1.165, 1.54) is 0 Å². The molecule has 1 amide bonds. The number of rotatable bonds is 4. The highest BCUT2D eigenvalue weighted by Gasteiger charge is 2.31. The summed E-state index contributed by atoms with van der Waals surface area (Å²) in [7, 11) is 0. The lowest BCUT2D eigenvalue weighted by Crippen LogP contribution is -2.38. The van der Waals surface area contributed by atoms with Gasteiger partial charge in [-0.25, -0.2) is 4.98 Å². The van der Waals surface area contributed by atoms with Crippen molar-refractivity contribution in [1.29, 1.82) is 0 Å². The van der Waals surface area contributed by atoms with E-state index in [0.717, 1.165) is 31.2 Å². The number of halogens is 3. The second kappa shape index (κ2) is 10.7. The fourth-order valence-corrected chi connectivity index (χ4v) is 3.69. The standard InChI is InChI=1S/C22H21F3N4O3.C2H6/c1-13(30)29-8-5-14(6-9-29)12-32-16-2-3-18-17(11-16)21(31)28-20(27-18)19-10-15(4-7-26-19)22(23,24)25;1-2/h2-4,7,10-11,14H,5-6,8-9,12H2,1H3,(H,27,28,31);1-2H3. The highest BCUT2D eigenvalue weighted by molar-refractivity contribution is 5.80. The molecule has 1 saturated heterocycles. The predicted octanol–water partition coefficient (Wildman–Crippen LogP) is 4.67. The molecule has 0 saturated carbocycles. The molecule has 7 nitrogen and oxygen atoms in total. The maximum absolute atomic E-state index is 13.0. The number of nitrogens with zero attached hydrogens (tertiary/aromatic N) is 3. The summed E-state index contributed by atoms with van der Waals surface area (Å²) >= 11 is 0. The van der Waals surface area contributed by atoms with Crippen molar-refractivity contribution in [3.63, 3.8) is 0 Å². The van der Waals surface area contributed by atoms with Crippen LogP contribution in [0.15, 0.2) is 41.3 Å². The van der Waals surface area contributed by atoms with Crippen LogP contribution in [0.5, 0.6) is 5.75 Å². The number of alkyl halides is 3. The Morgan fingerprint density at radius 2 is 1.88 bits per heavy atom. The van der Waals surface area contributed by atoms with Crippen molar-refractivity contribution in [1.82, 2.24) is 19.9 Å². The molecule has 182 valence electrons. The van der Waals surface area contributed by atoms with Gasteiger partial charge >= 0.3 is 6.18 Å². The number of aromatic nitrogens is 3. The summed E-state index contributed by atoms with van der Waals surface area (Å²) in [6, 6.07) is 6.53. The van der Waals surface area contributed by atoms with Crippen LogP contribution in [0.4, 0.5) is 13.2 Å². The molecule has 0 spiro atoms. The molecule has 0 radical (unpaired) electrons. The molecular formula is C24H27F3N4O3. The van der Waals surface area contributed by atoms with Crippen molar-refractivity contribution >= 4 is 16.8 Å². The van der Waals surface area contributed by atoms with Gasteiger partial charge in [-0.05, 0) is 49.1 Å². The van der Waals surface area contributed by atoms with Gasteiger partial charge in [0.1, 0.15) is 11.4 Å². The van der Waals surface area contributed by atoms with Gasteiger partial charge in [0.05, 0.1) is 23.1 Å². The minimum Gasteiger partial charge on any atom is -0.493 e. The third-order valence-corrected chi connectivity index (χ3v) is 5.55. The highest BCUT2D eigenvalue weighted by atomic mass is 19.4. The Hall–Kier alpha value is -3.43. The maximum atomic E-state index is 13.0. The molecule has 1 aromatic carbocycles. The van der Waals surface area contributed by atoms with Gasteiger partial charge in [-0.3, -0.25) is 14.6 Å². The third kappa shape index (κ3) is 5.92. The Morgan fingerprint density at radius 3 is 2.53 bits per heavy atom. The Balaban J connectivity index is 0.00000158. The molecule has 3 heterocycles. The zero-order valence-corrected chi connectivity index (χ0v) is 19.3. The lowest BCUT2D eigenvalue weighted by Gasteiger charge is -2.31. The number of ether oxygens (including phenoxy) is 1. The number of hydrogen-bond donors (Lipinski definition) is 1. The van der Waals surface area contributed by atoms with Gasteiger partial charge in [0.25, 0.3) is 5.56 Å². The van der Waals surface area contributed by atoms with E-state index in [-0.39, 0.29) is 22.8 Å². The molecule has 0 unspecified atom stereocenters. The number of carbonyl (C=O) groups excluding carboxylic acids is 1. The fraction of sp³-hybridized carbons (Fsp3) is 0.417. The number of piperidine rings is 1. The number of likely N-dealkylation sites (tertiary alicyclic amines) is 1. The summed E-state index contributed by atoms with van der Waals surface area (Å²) in [6.07, 6.45) is -1.80. The quantitative estimate of drug-likeness (QED) is 0.591. The van der Waals surface area contributed by atoms with Crippen LogP contribution >= 0.6 is 0 Å². The second-order valence-corrected chi connectivity index (χ2v) is 7.78. The topological polar surface area (TPSA) is 88.2 Å². The number of fused-ring (bicyclic) bond motifs is 1. The van der Waals surface area contributed by atoms with Crippen LogP contribution in [0.1, 0.15) is 39.2 Å². The smallest absolute Gasteiger partial charge is 0.416 e. The molecule has 4 rings (SSSR count). The first-order valence-corrected chi connectivity index (χ1v) is 11.2. The Labute approximate surface area is 195 Å². The molecular weight excluding hydrogens is 449 g/mol. The lowest BCUT2D eigenvalue weighted by molar-refractivity contribution is -0.137. The van der Waals surface area contributed by atoms with Gasteiger partial charge in [-0.1, -0.05) is 13.8 Å². The van der Waals surface area contributed by atoms with E-state index in [1.54, 1.807) is 25.1 Å². The maximum Gasteiger partial charge on any atom is 0.416 e. The zero-order valence-electron chi connectivity index (χ0n) is 19.3. The average Bonchev–Trinajstić information content (AvgIpc) is 2.84. The third-order valence-electron chi connectivity index (χ3n) is 5.55. The Bertz CT molecular complexity index is 1200. The monoisotopic (exact) mass is 476 g/mol. The summed E-state index contributed by atoms with van der Waals surface area (Å²) in [5, 5.41) is 0.268. The molecule has 1 N–H and O–H groups in total. The molecule has 10 heteroatoms. The number of H-pyrrole nitrogens is 1. The van der Waals surface area contributed by atoms with E-state index >= 15 is 0 Å². The van der Waals surface area contributed by atoms with Crippen LogP contribution in [-0.4, -0.2) is 45.5 Å². The van der Waals surface area contributed by atoms with Crippen LogP contribution in [0.25, 0.3) is 22.4 Å². The van der Waals surface area contributed by atoms with Crippen LogP contribution in [-0.2, 0) is 11.0 Å². The molecule has 1 aliphatic heterocycles. The Morgan fingerprint density at radius 1 is 1.18 bits per heavy atom. The molecule has 1 aliphatic rings. The summed E-state index contributed by atoms with van der Waals surface area (Å²) in [6.45, 7) is 7.44. The van der Waals surface area contributed by atoms with E-state index in [2.05, 4.69) is 15.0 Å². The molecule has 0 atom stereocenters. The minimum absolute atomic E-state index is 0.0421. The summed E-state index contributed by atoms with van der Waals surface area (Å²) in [5.41, 5.74) is -1.12. The van der Waals surface area contributed by atoms with Crippen molar-refractivity contribution in [2.45, 2.75) is 39.8 Å². The van der Waals surface area contributed by atoms with Crippen LogP contribution in [0.3, 0.4) is 0 Å². The molecule has 0 bridgehead atoms. The molecule has 2 aromatic heterocycles. The number of nitrogens with one attached hydrogen (secondary N) is 1. The number of pyridine rings is 1. The van der Waals surface area contributed by atoms with Crippen molar-refractivity contribution < 1.29 is 22.7 Å². The SMILES string of the molecule is CC.CC(=O)N1CCC(COc2ccc3nc(-c4cc(C(F)(F)F)ccn4)[nH]c(=O)c3c2)CC1. The number of hydrogen-bond acceptors (Lipinski definition) is 5. The number of benzene rings is 1. The number of amides is 1. The zero-order chi connectivity index (χ0) is 24.9. The van der Waals surface area contributed by atoms with E-state index in [4.69, 9.17) is 4.74 Å². The number of carbonyl (C=O) groups is 1. The van der Waals surface area contributed by atoms with Crippen molar-refractivity contribution in [3.05, 3.63) is 52.4 Å². The van der Waals surface area contributed by atoms with Gasteiger partial charge in [-0.2, -0.15) is 13.2 Å². The largest absolute Gasteiger partial charge is 0.493 e. The highest BCUT2D eigenvalue weighted by Crippen LogP contribution is 2.30. The van der Waals surface area contributed by atoms with E-state index in [9.17, 15) is 22.8 Å². The van der Waals surface area contributed by atoms with Crippen LogP contribution < -0.4 is 10.3 Å². The van der Waals surface area contributed by atoms with Gasteiger partial charge in [0, 0.05) is 26.2 Å². The normalized spacial score (nSPS) is 14.5. The van der Waals surface area contributed by atoms with E-state index < -0.39 is 17.3 Å². The predicted molar refractivity (Wildman–Crippen MR) is 122 cm³/mol. The van der Waals surface area contributed by atoms with E-state index in [1.807, 2.05) is 18.7 Å². The van der Waals surface area contributed by atoms with Crippen molar-refractivity contribution in [3.8, 4) is 17.3 Å². The molecule has 34 heavy (non-hydrogen) atoms. The van der Waals surface area contributed by atoms with Crippen molar-refractivity contribution in [2.75, 3.05) is 19.7 Å². The van der Waals surface area contributed by atoms with Crippen molar-refractivity contribution in [2.24, 2.45) is 5.92 Å². The minimum atomic E-state index is -4.52. The lowest BCUT2D eigenvalue weighted by atomic mass is 9.98. The van der Waals surface area contributed by atoms with E-state index in [0.29, 0.717) is 36.9 Å². The van der Waals surface area contributed by atoms with Gasteiger partial charge < -0.3 is 14.6 Å². The van der Waals surface area contributed by atoms with Crippen LogP contribution in [0.2, 0.25) is 0 Å². The van der Waals surface area contributed by atoms with Gasteiger partial charge in [0.2, 0.25) is 5.91 Å². The summed E-state index contributed by atoms with van der Waals surface area (Å²) in [4.78, 5) is 36.5. The first-order valence-electron chi connectivity index (χ1n) is 11.2. The van der Waals surface area contributed by atoms with Gasteiger partial charge in [0.15, 0.2) is 5.82 Å². The molecule has 3 aromatic rings. The average molecular weight is 476 g/mol. The molecule has 0 aliphatic carbocycles. The molecule has 1 fully saturated rings. The Kier molecular flexibility index (Phi) is 7.90.